The molecule has 1 aromatic carbocycles. The van der Waals surface area contributed by atoms with E-state index in [0.29, 0.717) is 6.04 Å². The first kappa shape index (κ1) is 13.6. The van der Waals surface area contributed by atoms with Gasteiger partial charge in [-0.05, 0) is 60.8 Å². The minimum Gasteiger partial charge on any atom is -0.377 e. The summed E-state index contributed by atoms with van der Waals surface area (Å²) < 4.78 is 1.16. The highest BCUT2D eigenvalue weighted by molar-refractivity contribution is 9.10. The molecule has 96 valence electrons. The quantitative estimate of drug-likeness (QED) is 0.774. The Kier molecular flexibility index (Phi) is 4.13. The molecule has 1 nitrogen and oxygen atoms in total. The third-order valence-electron chi connectivity index (χ3n) is 3.05. The van der Waals surface area contributed by atoms with E-state index in [-0.39, 0.29) is 0 Å². The monoisotopic (exact) mass is 323 g/mol. The largest absolute Gasteiger partial charge is 0.377 e. The van der Waals surface area contributed by atoms with Crippen LogP contribution in [0.3, 0.4) is 0 Å². The van der Waals surface area contributed by atoms with Crippen molar-refractivity contribution < 1.29 is 0 Å². The average Bonchev–Trinajstić information content (AvgIpc) is 2.70. The summed E-state index contributed by atoms with van der Waals surface area (Å²) in [6.07, 6.45) is 0. The molecule has 0 aliphatic rings. The van der Waals surface area contributed by atoms with Gasteiger partial charge >= 0.3 is 0 Å². The van der Waals surface area contributed by atoms with Crippen LogP contribution in [-0.4, -0.2) is 0 Å². The van der Waals surface area contributed by atoms with E-state index in [9.17, 15) is 0 Å². The lowest BCUT2D eigenvalue weighted by molar-refractivity contribution is 0.902. The van der Waals surface area contributed by atoms with E-state index in [4.69, 9.17) is 0 Å². The SMILES string of the molecule is Cc1cc(C)c(NC(C)c2cc(Br)cs2)c(C)c1. The number of benzene rings is 1. The van der Waals surface area contributed by atoms with E-state index in [2.05, 4.69) is 72.5 Å². The Morgan fingerprint density at radius 1 is 1.11 bits per heavy atom. The predicted molar refractivity (Wildman–Crippen MR) is 84.7 cm³/mol. The zero-order chi connectivity index (χ0) is 13.3. The van der Waals surface area contributed by atoms with Crippen molar-refractivity contribution in [1.82, 2.24) is 0 Å². The van der Waals surface area contributed by atoms with Gasteiger partial charge in [0.05, 0.1) is 6.04 Å². The molecule has 1 N–H and O–H groups in total. The lowest BCUT2D eigenvalue weighted by atomic mass is 10.0. The number of nitrogens with one attached hydrogen (secondary N) is 1. The molecule has 0 spiro atoms. The Bertz CT molecular complexity index is 536. The van der Waals surface area contributed by atoms with Gasteiger partial charge in [0.2, 0.25) is 0 Å². The summed E-state index contributed by atoms with van der Waals surface area (Å²) >= 11 is 5.29. The van der Waals surface area contributed by atoms with Gasteiger partial charge in [0, 0.05) is 20.4 Å². The molecule has 0 aliphatic carbocycles. The molecule has 18 heavy (non-hydrogen) atoms. The Morgan fingerprint density at radius 3 is 2.22 bits per heavy atom. The summed E-state index contributed by atoms with van der Waals surface area (Å²) in [7, 11) is 0. The maximum Gasteiger partial charge on any atom is 0.0579 e. The molecular weight excluding hydrogens is 306 g/mol. The van der Waals surface area contributed by atoms with Gasteiger partial charge in [0.15, 0.2) is 0 Å². The van der Waals surface area contributed by atoms with Crippen LogP contribution in [0.1, 0.15) is 34.5 Å². The normalized spacial score (nSPS) is 12.5. The topological polar surface area (TPSA) is 12.0 Å². The number of rotatable bonds is 3. The highest BCUT2D eigenvalue weighted by atomic mass is 79.9. The smallest absolute Gasteiger partial charge is 0.0579 e. The van der Waals surface area contributed by atoms with Crippen molar-refractivity contribution in [3.63, 3.8) is 0 Å². The lowest BCUT2D eigenvalue weighted by Crippen LogP contribution is -2.07. The van der Waals surface area contributed by atoms with Crippen molar-refractivity contribution >= 4 is 33.0 Å². The van der Waals surface area contributed by atoms with E-state index >= 15 is 0 Å². The Morgan fingerprint density at radius 2 is 1.72 bits per heavy atom. The number of halogens is 1. The maximum atomic E-state index is 3.62. The van der Waals surface area contributed by atoms with Crippen molar-refractivity contribution in [3.05, 3.63) is 49.6 Å². The van der Waals surface area contributed by atoms with Crippen LogP contribution in [0.2, 0.25) is 0 Å². The number of hydrogen-bond acceptors (Lipinski definition) is 2. The molecular formula is C15H18BrNS. The van der Waals surface area contributed by atoms with Crippen molar-refractivity contribution in [3.8, 4) is 0 Å². The Hall–Kier alpha value is -0.800. The number of hydrogen-bond donors (Lipinski definition) is 1. The molecule has 0 amide bonds. The predicted octanol–water partition coefficient (Wildman–Crippen LogP) is 5.61. The molecule has 2 aromatic rings. The van der Waals surface area contributed by atoms with E-state index in [0.717, 1.165) is 4.47 Å². The summed E-state index contributed by atoms with van der Waals surface area (Å²) in [6, 6.07) is 6.97. The van der Waals surface area contributed by atoms with Crippen LogP contribution in [-0.2, 0) is 0 Å². The van der Waals surface area contributed by atoms with Gasteiger partial charge in [-0.15, -0.1) is 11.3 Å². The van der Waals surface area contributed by atoms with Crippen LogP contribution < -0.4 is 5.32 Å². The number of anilines is 1. The van der Waals surface area contributed by atoms with Crippen LogP contribution in [0.5, 0.6) is 0 Å². The van der Waals surface area contributed by atoms with Crippen LogP contribution in [0.4, 0.5) is 5.69 Å². The first-order valence-corrected chi connectivity index (χ1v) is 7.73. The van der Waals surface area contributed by atoms with E-state index in [1.54, 1.807) is 11.3 Å². The standard InChI is InChI=1S/C15H18BrNS/c1-9-5-10(2)15(11(3)6-9)17-12(4)14-7-13(16)8-18-14/h5-8,12,17H,1-4H3. The van der Waals surface area contributed by atoms with Gasteiger partial charge in [-0.1, -0.05) is 17.7 Å². The van der Waals surface area contributed by atoms with Gasteiger partial charge in [-0.2, -0.15) is 0 Å². The third kappa shape index (κ3) is 2.96. The minimum atomic E-state index is 0.335. The van der Waals surface area contributed by atoms with Crippen molar-refractivity contribution in [2.75, 3.05) is 5.32 Å². The summed E-state index contributed by atoms with van der Waals surface area (Å²) in [5.41, 5.74) is 5.21. The number of thiophene rings is 1. The molecule has 0 saturated carbocycles. The van der Waals surface area contributed by atoms with Gasteiger partial charge in [-0.3, -0.25) is 0 Å². The summed E-state index contributed by atoms with van der Waals surface area (Å²) in [5.74, 6) is 0. The Balaban J connectivity index is 2.24. The van der Waals surface area contributed by atoms with Crippen LogP contribution in [0, 0.1) is 20.8 Å². The zero-order valence-electron chi connectivity index (χ0n) is 11.2. The third-order valence-corrected chi connectivity index (χ3v) is 4.93. The maximum absolute atomic E-state index is 3.62. The molecule has 3 heteroatoms. The van der Waals surface area contributed by atoms with Crippen molar-refractivity contribution in [1.29, 1.82) is 0 Å². The fraction of sp³-hybridized carbons (Fsp3) is 0.333. The minimum absolute atomic E-state index is 0.335. The molecule has 1 heterocycles. The average molecular weight is 324 g/mol. The van der Waals surface area contributed by atoms with Gasteiger partial charge < -0.3 is 5.32 Å². The highest BCUT2D eigenvalue weighted by Crippen LogP contribution is 2.30. The molecule has 0 bridgehead atoms. The molecule has 1 unspecified atom stereocenters. The molecule has 0 radical (unpaired) electrons. The second-order valence-corrected chi connectivity index (χ2v) is 6.67. The lowest BCUT2D eigenvalue weighted by Gasteiger charge is -2.18. The van der Waals surface area contributed by atoms with E-state index in [1.807, 2.05) is 0 Å². The molecule has 1 atom stereocenters. The first-order valence-electron chi connectivity index (χ1n) is 6.05. The molecule has 0 aliphatic heterocycles. The molecule has 2 rings (SSSR count). The van der Waals surface area contributed by atoms with Gasteiger partial charge in [0.25, 0.3) is 0 Å². The summed E-state index contributed by atoms with van der Waals surface area (Å²) in [6.45, 7) is 8.68. The molecule has 0 saturated heterocycles. The fourth-order valence-corrected chi connectivity index (χ4v) is 3.70. The second kappa shape index (κ2) is 5.45. The molecule has 0 fully saturated rings. The zero-order valence-corrected chi connectivity index (χ0v) is 13.6. The van der Waals surface area contributed by atoms with Crippen molar-refractivity contribution in [2.24, 2.45) is 0 Å². The Labute approximate surface area is 121 Å². The van der Waals surface area contributed by atoms with Crippen LogP contribution in [0.15, 0.2) is 28.1 Å². The number of aryl methyl sites for hydroxylation is 3. The second-order valence-electron chi connectivity index (χ2n) is 4.81. The van der Waals surface area contributed by atoms with Crippen LogP contribution >= 0.6 is 27.3 Å². The summed E-state index contributed by atoms with van der Waals surface area (Å²) in [4.78, 5) is 1.35. The van der Waals surface area contributed by atoms with Gasteiger partial charge in [0.1, 0.15) is 0 Å². The highest BCUT2D eigenvalue weighted by Gasteiger charge is 2.11. The van der Waals surface area contributed by atoms with Crippen LogP contribution in [0.25, 0.3) is 0 Å². The molecule has 1 aromatic heterocycles. The van der Waals surface area contributed by atoms with Crippen molar-refractivity contribution in [2.45, 2.75) is 33.7 Å². The van der Waals surface area contributed by atoms with E-state index < -0.39 is 0 Å². The summed E-state index contributed by atoms with van der Waals surface area (Å²) in [5, 5.41) is 5.75. The fourth-order valence-electron chi connectivity index (χ4n) is 2.25. The van der Waals surface area contributed by atoms with E-state index in [1.165, 1.54) is 27.3 Å². The first-order chi connectivity index (χ1) is 8.47. The van der Waals surface area contributed by atoms with Gasteiger partial charge in [-0.25, -0.2) is 0 Å².